The minimum atomic E-state index is -0.0623. The first-order valence-corrected chi connectivity index (χ1v) is 7.49. The molecule has 1 aromatic carbocycles. The minimum Gasteiger partial charge on any atom is -0.459 e. The molecule has 0 N–H and O–H groups in total. The predicted molar refractivity (Wildman–Crippen MR) is 80.9 cm³/mol. The first-order chi connectivity index (χ1) is 10.2. The highest BCUT2D eigenvalue weighted by Crippen LogP contribution is 2.28. The Morgan fingerprint density at radius 3 is 2.71 bits per heavy atom. The number of rotatable bonds is 3. The van der Waals surface area contributed by atoms with E-state index in [0.29, 0.717) is 13.2 Å². The average molecular weight is 287 g/mol. The van der Waals surface area contributed by atoms with E-state index in [2.05, 4.69) is 0 Å². The van der Waals surface area contributed by atoms with Crippen molar-refractivity contribution in [1.29, 1.82) is 0 Å². The van der Waals surface area contributed by atoms with Crippen LogP contribution in [0.5, 0.6) is 0 Å². The molecule has 1 aromatic heterocycles. The Morgan fingerprint density at radius 1 is 1.29 bits per heavy atom. The monoisotopic (exact) mass is 287 g/mol. The van der Waals surface area contributed by atoms with Gasteiger partial charge in [-0.25, -0.2) is 0 Å². The van der Waals surface area contributed by atoms with Gasteiger partial charge >= 0.3 is 0 Å². The second-order valence-corrected chi connectivity index (χ2v) is 5.70. The molecular weight excluding hydrogens is 266 g/mol. The van der Waals surface area contributed by atoms with E-state index in [1.165, 1.54) is 0 Å². The number of amides is 1. The van der Waals surface area contributed by atoms with E-state index in [0.717, 1.165) is 29.6 Å². The zero-order chi connectivity index (χ0) is 14.8. The Balaban J connectivity index is 1.76. The van der Waals surface area contributed by atoms with Crippen LogP contribution in [0.15, 0.2) is 34.7 Å². The van der Waals surface area contributed by atoms with E-state index < -0.39 is 0 Å². The molecule has 21 heavy (non-hydrogen) atoms. The van der Waals surface area contributed by atoms with Crippen LogP contribution in [-0.2, 0) is 9.53 Å². The van der Waals surface area contributed by atoms with Crippen LogP contribution in [-0.4, -0.2) is 31.1 Å². The first kappa shape index (κ1) is 14.1. The van der Waals surface area contributed by atoms with Crippen LogP contribution in [0.25, 0.3) is 11.0 Å². The average Bonchev–Trinajstić information content (AvgIpc) is 2.97. The van der Waals surface area contributed by atoms with Crippen molar-refractivity contribution in [3.63, 3.8) is 0 Å². The summed E-state index contributed by atoms with van der Waals surface area (Å²) in [5, 5.41) is 1.08. The number of hydrogen-bond acceptors (Lipinski definition) is 3. The number of carbonyl (C=O) groups excluding carboxylic acids is 1. The zero-order valence-corrected chi connectivity index (χ0v) is 12.5. The van der Waals surface area contributed by atoms with Gasteiger partial charge in [0, 0.05) is 31.6 Å². The maximum Gasteiger partial charge on any atom is 0.226 e. The highest BCUT2D eigenvalue weighted by atomic mass is 16.5. The van der Waals surface area contributed by atoms with E-state index in [4.69, 9.17) is 9.15 Å². The molecule has 1 amide bonds. The Hall–Kier alpha value is -1.81. The summed E-state index contributed by atoms with van der Waals surface area (Å²) in [5.41, 5.74) is 0.867. The lowest BCUT2D eigenvalue weighted by Gasteiger charge is -2.29. The fourth-order valence-electron chi connectivity index (χ4n) is 2.82. The smallest absolute Gasteiger partial charge is 0.226 e. The van der Waals surface area contributed by atoms with Crippen LogP contribution in [0.3, 0.4) is 0 Å². The highest BCUT2D eigenvalue weighted by Gasteiger charge is 2.28. The molecule has 0 saturated carbocycles. The highest BCUT2D eigenvalue weighted by molar-refractivity contribution is 5.80. The number of carbonyl (C=O) groups is 1. The van der Waals surface area contributed by atoms with Crippen molar-refractivity contribution < 1.29 is 13.9 Å². The number of fused-ring (bicyclic) bond motifs is 1. The molecule has 2 heterocycles. The Morgan fingerprint density at radius 2 is 2.00 bits per heavy atom. The molecule has 4 nitrogen and oxygen atoms in total. The van der Waals surface area contributed by atoms with Gasteiger partial charge in [0.25, 0.3) is 0 Å². The molecule has 1 unspecified atom stereocenters. The first-order valence-electron chi connectivity index (χ1n) is 7.49. The third-order valence-electron chi connectivity index (χ3n) is 4.36. The molecule has 0 bridgehead atoms. The molecule has 112 valence electrons. The van der Waals surface area contributed by atoms with Gasteiger partial charge in [-0.1, -0.05) is 18.2 Å². The number of ether oxygens (including phenoxy) is 1. The van der Waals surface area contributed by atoms with E-state index in [1.54, 1.807) is 4.90 Å². The summed E-state index contributed by atoms with van der Waals surface area (Å²) in [7, 11) is 1.86. The third-order valence-corrected chi connectivity index (χ3v) is 4.36. The van der Waals surface area contributed by atoms with Crippen molar-refractivity contribution in [3.8, 4) is 0 Å². The molecule has 4 heteroatoms. The van der Waals surface area contributed by atoms with Gasteiger partial charge in [-0.3, -0.25) is 4.79 Å². The van der Waals surface area contributed by atoms with E-state index in [1.807, 2.05) is 44.3 Å². The Labute approximate surface area is 124 Å². The van der Waals surface area contributed by atoms with Gasteiger partial charge < -0.3 is 14.1 Å². The predicted octanol–water partition coefficient (Wildman–Crippen LogP) is 3.38. The van der Waals surface area contributed by atoms with Gasteiger partial charge in [0.2, 0.25) is 5.91 Å². The summed E-state index contributed by atoms with van der Waals surface area (Å²) in [6.45, 7) is 3.38. The topological polar surface area (TPSA) is 42.7 Å². The normalized spacial score (nSPS) is 17.8. The molecule has 0 spiro atoms. The largest absolute Gasteiger partial charge is 0.459 e. The molecule has 0 aliphatic carbocycles. The molecule has 1 fully saturated rings. The maximum atomic E-state index is 12.6. The number of benzene rings is 1. The van der Waals surface area contributed by atoms with Gasteiger partial charge in [0.15, 0.2) is 0 Å². The second-order valence-electron chi connectivity index (χ2n) is 5.70. The lowest BCUT2D eigenvalue weighted by molar-refractivity contribution is -0.139. The molecule has 3 rings (SSSR count). The van der Waals surface area contributed by atoms with E-state index in [9.17, 15) is 4.79 Å². The minimum absolute atomic E-state index is 0.0623. The van der Waals surface area contributed by atoms with Crippen molar-refractivity contribution >= 4 is 16.9 Å². The molecular formula is C17H21NO3. The Bertz CT molecular complexity index is 595. The number of furan rings is 1. The van der Waals surface area contributed by atoms with Crippen molar-refractivity contribution in [1.82, 2.24) is 4.90 Å². The summed E-state index contributed by atoms with van der Waals surface area (Å²) >= 11 is 0. The standard InChI is InChI=1S/C17H21NO3/c1-12(16-11-14-5-3-4-6-15(14)21-16)18(2)17(19)13-7-9-20-10-8-13/h3-6,11-13H,7-10H2,1-2H3. The maximum absolute atomic E-state index is 12.6. The second kappa shape index (κ2) is 5.90. The quantitative estimate of drug-likeness (QED) is 0.869. The van der Waals surface area contributed by atoms with Crippen molar-refractivity contribution in [2.75, 3.05) is 20.3 Å². The van der Waals surface area contributed by atoms with E-state index in [-0.39, 0.29) is 17.9 Å². The van der Waals surface area contributed by atoms with Gasteiger partial charge in [-0.05, 0) is 31.9 Å². The van der Waals surface area contributed by atoms with Crippen LogP contribution in [0.4, 0.5) is 0 Å². The lowest BCUT2D eigenvalue weighted by Crippen LogP contribution is -2.37. The van der Waals surface area contributed by atoms with Crippen LogP contribution < -0.4 is 0 Å². The molecule has 1 atom stereocenters. The number of nitrogens with zero attached hydrogens (tertiary/aromatic N) is 1. The summed E-state index contributed by atoms with van der Waals surface area (Å²) in [5.74, 6) is 1.10. The van der Waals surface area contributed by atoms with Crippen LogP contribution in [0.2, 0.25) is 0 Å². The number of hydrogen-bond donors (Lipinski definition) is 0. The summed E-state index contributed by atoms with van der Waals surface area (Å²) < 4.78 is 11.2. The van der Waals surface area contributed by atoms with Gasteiger partial charge in [-0.15, -0.1) is 0 Å². The third kappa shape index (κ3) is 2.81. The number of para-hydroxylation sites is 1. The van der Waals surface area contributed by atoms with E-state index >= 15 is 0 Å². The zero-order valence-electron chi connectivity index (χ0n) is 12.5. The summed E-state index contributed by atoms with van der Waals surface area (Å²) in [4.78, 5) is 14.4. The lowest BCUT2D eigenvalue weighted by atomic mass is 9.98. The molecule has 0 radical (unpaired) electrons. The Kier molecular flexibility index (Phi) is 3.97. The molecule has 2 aromatic rings. The van der Waals surface area contributed by atoms with Crippen LogP contribution >= 0.6 is 0 Å². The molecule has 1 aliphatic rings. The molecule has 1 saturated heterocycles. The fourth-order valence-corrected chi connectivity index (χ4v) is 2.82. The SMILES string of the molecule is CC(c1cc2ccccc2o1)N(C)C(=O)C1CCOCC1. The van der Waals surface area contributed by atoms with Gasteiger partial charge in [0.1, 0.15) is 11.3 Å². The fraction of sp³-hybridized carbons (Fsp3) is 0.471. The van der Waals surface area contributed by atoms with Crippen molar-refractivity contribution in [2.45, 2.75) is 25.8 Å². The van der Waals surface area contributed by atoms with Crippen LogP contribution in [0.1, 0.15) is 31.6 Å². The summed E-state index contributed by atoms with van der Waals surface area (Å²) in [6, 6.07) is 9.88. The van der Waals surface area contributed by atoms with Gasteiger partial charge in [-0.2, -0.15) is 0 Å². The van der Waals surface area contributed by atoms with Gasteiger partial charge in [0.05, 0.1) is 6.04 Å². The molecule has 1 aliphatic heterocycles. The van der Waals surface area contributed by atoms with Crippen molar-refractivity contribution in [2.24, 2.45) is 5.92 Å². The van der Waals surface area contributed by atoms with Crippen molar-refractivity contribution in [3.05, 3.63) is 36.1 Å². The summed E-state index contributed by atoms with van der Waals surface area (Å²) in [6.07, 6.45) is 1.63. The van der Waals surface area contributed by atoms with Crippen LogP contribution in [0, 0.1) is 5.92 Å².